The lowest BCUT2D eigenvalue weighted by molar-refractivity contribution is 1.19. The van der Waals surface area contributed by atoms with Gasteiger partial charge in [-0.2, -0.15) is 0 Å². The van der Waals surface area contributed by atoms with Gasteiger partial charge in [0.2, 0.25) is 0 Å². The molecule has 0 saturated carbocycles. The molecule has 3 heteroatoms. The summed E-state index contributed by atoms with van der Waals surface area (Å²) in [5.74, 6) is 0.717. The Labute approximate surface area is 287 Å². The first kappa shape index (κ1) is 27.9. The molecule has 49 heavy (non-hydrogen) atoms. The van der Waals surface area contributed by atoms with E-state index < -0.39 is 0 Å². The van der Waals surface area contributed by atoms with Gasteiger partial charge in [-0.3, -0.25) is 0 Å². The van der Waals surface area contributed by atoms with Crippen LogP contribution < -0.4 is 0 Å². The maximum atomic E-state index is 5.25. The minimum atomic E-state index is 0.717. The van der Waals surface area contributed by atoms with Gasteiger partial charge in [0.15, 0.2) is 5.82 Å². The molecule has 0 aliphatic carbocycles. The Bertz CT molecular complexity index is 2870. The summed E-state index contributed by atoms with van der Waals surface area (Å²) in [5, 5.41) is 10.1. The highest BCUT2D eigenvalue weighted by Crippen LogP contribution is 2.42. The number of thiophene rings is 1. The zero-order chi connectivity index (χ0) is 32.3. The lowest BCUT2D eigenvalue weighted by atomic mass is 9.89. The summed E-state index contributed by atoms with van der Waals surface area (Å²) in [7, 11) is 0. The van der Waals surface area contributed by atoms with Crippen molar-refractivity contribution in [3.8, 4) is 45.0 Å². The molecule has 2 heterocycles. The fraction of sp³-hybridized carbons (Fsp3) is 0. The Hall–Kier alpha value is -6.16. The van der Waals surface area contributed by atoms with Crippen molar-refractivity contribution in [2.75, 3.05) is 0 Å². The number of nitrogens with zero attached hydrogens (tertiary/aromatic N) is 2. The minimum Gasteiger partial charge on any atom is -0.228 e. The minimum absolute atomic E-state index is 0.717. The molecular formula is C46H28N2S. The van der Waals surface area contributed by atoms with Crippen molar-refractivity contribution >= 4 is 63.8 Å². The maximum absolute atomic E-state index is 5.25. The summed E-state index contributed by atoms with van der Waals surface area (Å²) in [5.41, 5.74) is 7.46. The van der Waals surface area contributed by atoms with E-state index >= 15 is 0 Å². The van der Waals surface area contributed by atoms with Crippen LogP contribution in [0.4, 0.5) is 0 Å². The van der Waals surface area contributed by atoms with E-state index in [1.165, 1.54) is 63.6 Å². The van der Waals surface area contributed by atoms with Gasteiger partial charge in [0.05, 0.1) is 11.4 Å². The third-order valence-corrected chi connectivity index (χ3v) is 10.9. The molecule has 0 aliphatic heterocycles. The van der Waals surface area contributed by atoms with Gasteiger partial charge in [0.1, 0.15) is 0 Å². The Morgan fingerprint density at radius 2 is 1.04 bits per heavy atom. The second kappa shape index (κ2) is 11.2. The highest BCUT2D eigenvalue weighted by atomic mass is 32.1. The van der Waals surface area contributed by atoms with Gasteiger partial charge < -0.3 is 0 Å². The summed E-state index contributed by atoms with van der Waals surface area (Å²) in [6, 6.07) is 60.8. The standard InChI is InChI=1S/C46H28N2S/c1-2-12-30(13-3-1)41-28-42(39-19-10-18-38-36-17-8-9-20-43(36)49-45(38)39)48-46(47-41)32-23-21-31(22-24-32)44-35-16-7-5-14-33(35)27-40-34-15-6-4-11-29(34)25-26-37(40)44/h1-28H. The van der Waals surface area contributed by atoms with Gasteiger partial charge in [-0.1, -0.05) is 152 Å². The average molecular weight is 641 g/mol. The second-order valence-electron chi connectivity index (χ2n) is 12.5. The zero-order valence-electron chi connectivity index (χ0n) is 26.5. The molecule has 0 atom stereocenters. The van der Waals surface area contributed by atoms with Crippen LogP contribution in [0.5, 0.6) is 0 Å². The highest BCUT2D eigenvalue weighted by molar-refractivity contribution is 7.26. The van der Waals surface area contributed by atoms with Crippen molar-refractivity contribution in [3.05, 3.63) is 170 Å². The van der Waals surface area contributed by atoms with E-state index in [0.717, 1.165) is 33.9 Å². The topological polar surface area (TPSA) is 25.8 Å². The molecule has 0 N–H and O–H groups in total. The quantitative estimate of drug-likeness (QED) is 0.141. The highest BCUT2D eigenvalue weighted by Gasteiger charge is 2.16. The molecule has 0 fully saturated rings. The average Bonchev–Trinajstić information content (AvgIpc) is 3.56. The van der Waals surface area contributed by atoms with Crippen molar-refractivity contribution in [2.45, 2.75) is 0 Å². The summed E-state index contributed by atoms with van der Waals surface area (Å²) in [4.78, 5) is 10.4. The van der Waals surface area contributed by atoms with E-state index in [1.807, 2.05) is 17.4 Å². The van der Waals surface area contributed by atoms with Crippen molar-refractivity contribution in [2.24, 2.45) is 0 Å². The van der Waals surface area contributed by atoms with Crippen LogP contribution in [0.3, 0.4) is 0 Å². The van der Waals surface area contributed by atoms with E-state index in [9.17, 15) is 0 Å². The number of hydrogen-bond donors (Lipinski definition) is 0. The van der Waals surface area contributed by atoms with E-state index in [-0.39, 0.29) is 0 Å². The molecule has 2 nitrogen and oxygen atoms in total. The van der Waals surface area contributed by atoms with Gasteiger partial charge in [-0.25, -0.2) is 9.97 Å². The Morgan fingerprint density at radius 1 is 0.367 bits per heavy atom. The van der Waals surface area contributed by atoms with Crippen LogP contribution in [0, 0.1) is 0 Å². The summed E-state index contributed by atoms with van der Waals surface area (Å²) in [6.07, 6.45) is 0. The van der Waals surface area contributed by atoms with Crippen LogP contribution in [0.1, 0.15) is 0 Å². The number of benzene rings is 8. The number of fused-ring (bicyclic) bond motifs is 7. The van der Waals surface area contributed by atoms with Gasteiger partial charge in [0, 0.05) is 36.9 Å². The third-order valence-electron chi connectivity index (χ3n) is 9.68. The summed E-state index contributed by atoms with van der Waals surface area (Å²) < 4.78 is 2.53. The molecule has 0 unspecified atom stereocenters. The lowest BCUT2D eigenvalue weighted by Gasteiger charge is -2.15. The largest absolute Gasteiger partial charge is 0.228 e. The number of hydrogen-bond acceptors (Lipinski definition) is 3. The van der Waals surface area contributed by atoms with Gasteiger partial charge >= 0.3 is 0 Å². The number of rotatable bonds is 4. The van der Waals surface area contributed by atoms with E-state index in [4.69, 9.17) is 9.97 Å². The molecule has 8 aromatic carbocycles. The summed E-state index contributed by atoms with van der Waals surface area (Å²) in [6.45, 7) is 0. The van der Waals surface area contributed by atoms with E-state index in [2.05, 4.69) is 164 Å². The fourth-order valence-electron chi connectivity index (χ4n) is 7.34. The second-order valence-corrected chi connectivity index (χ2v) is 13.6. The molecule has 0 amide bonds. The van der Waals surface area contributed by atoms with E-state index in [0.29, 0.717) is 0 Å². The number of aromatic nitrogens is 2. The molecule has 0 spiro atoms. The SMILES string of the molecule is c1ccc(-c2cc(-c3cccc4c3sc3ccccc34)nc(-c3ccc(-c4c5ccccc5cc5c4ccc4ccccc45)cc3)n2)cc1. The Balaban J connectivity index is 1.16. The molecule has 228 valence electrons. The van der Waals surface area contributed by atoms with Crippen LogP contribution in [0.2, 0.25) is 0 Å². The van der Waals surface area contributed by atoms with Crippen molar-refractivity contribution in [3.63, 3.8) is 0 Å². The van der Waals surface area contributed by atoms with Crippen LogP contribution in [-0.4, -0.2) is 9.97 Å². The van der Waals surface area contributed by atoms with Gasteiger partial charge in [-0.05, 0) is 61.6 Å². The normalized spacial score (nSPS) is 11.7. The van der Waals surface area contributed by atoms with Gasteiger partial charge in [0.25, 0.3) is 0 Å². The Morgan fingerprint density at radius 3 is 1.90 bits per heavy atom. The molecule has 10 rings (SSSR count). The zero-order valence-corrected chi connectivity index (χ0v) is 27.3. The maximum Gasteiger partial charge on any atom is 0.160 e. The van der Waals surface area contributed by atoms with Crippen LogP contribution in [-0.2, 0) is 0 Å². The first-order chi connectivity index (χ1) is 24.3. The molecular weight excluding hydrogens is 613 g/mol. The fourth-order valence-corrected chi connectivity index (χ4v) is 8.56. The molecule has 0 radical (unpaired) electrons. The monoisotopic (exact) mass is 640 g/mol. The Kier molecular flexibility index (Phi) is 6.39. The molecule has 0 aliphatic rings. The predicted molar refractivity (Wildman–Crippen MR) is 209 cm³/mol. The first-order valence-corrected chi connectivity index (χ1v) is 17.4. The molecule has 2 aromatic heterocycles. The van der Waals surface area contributed by atoms with Crippen LogP contribution in [0.15, 0.2) is 170 Å². The molecule has 0 bridgehead atoms. The molecule has 10 aromatic rings. The first-order valence-electron chi connectivity index (χ1n) is 16.6. The third kappa shape index (κ3) is 4.62. The van der Waals surface area contributed by atoms with Crippen LogP contribution in [0.25, 0.3) is 97.5 Å². The smallest absolute Gasteiger partial charge is 0.160 e. The summed E-state index contributed by atoms with van der Waals surface area (Å²) >= 11 is 1.83. The lowest BCUT2D eigenvalue weighted by Crippen LogP contribution is -1.96. The van der Waals surface area contributed by atoms with Crippen molar-refractivity contribution in [1.82, 2.24) is 9.97 Å². The van der Waals surface area contributed by atoms with Gasteiger partial charge in [-0.15, -0.1) is 11.3 Å². The molecule has 0 saturated heterocycles. The van der Waals surface area contributed by atoms with Crippen molar-refractivity contribution < 1.29 is 0 Å². The van der Waals surface area contributed by atoms with Crippen LogP contribution >= 0.6 is 11.3 Å². The van der Waals surface area contributed by atoms with Crippen molar-refractivity contribution in [1.29, 1.82) is 0 Å². The predicted octanol–water partition coefficient (Wildman–Crippen LogP) is 13.0. The van der Waals surface area contributed by atoms with E-state index in [1.54, 1.807) is 0 Å².